The van der Waals surface area contributed by atoms with Crippen LogP contribution in [0.15, 0.2) is 35.9 Å². The van der Waals surface area contributed by atoms with Crippen LogP contribution in [0.5, 0.6) is 5.75 Å². The van der Waals surface area contributed by atoms with Gasteiger partial charge in [-0.1, -0.05) is 24.3 Å². The molecule has 3 nitrogen and oxygen atoms in total. The first-order valence-corrected chi connectivity index (χ1v) is 6.64. The lowest BCUT2D eigenvalue weighted by atomic mass is 10.0. The number of carbonyl (C=O) groups is 2. The van der Waals surface area contributed by atoms with Crippen LogP contribution in [0.2, 0.25) is 0 Å². The summed E-state index contributed by atoms with van der Waals surface area (Å²) in [6.07, 6.45) is -9.12. The summed E-state index contributed by atoms with van der Waals surface area (Å²) in [5.41, 5.74) is -0.859. The Hall–Kier alpha value is -2.58. The summed E-state index contributed by atoms with van der Waals surface area (Å²) >= 11 is 0. The number of rotatable bonds is 5. The normalized spacial score (nSPS) is 12.2. The van der Waals surface area contributed by atoms with Crippen molar-refractivity contribution in [3.05, 3.63) is 47.1 Å². The molecular weight excluding hydrogens is 354 g/mol. The molecule has 0 aliphatic rings. The maximum atomic E-state index is 12.4. The number of carbonyl (C=O) groups excluding carboxylic acids is 2. The molecule has 0 aromatic heterocycles. The molecule has 0 N–H and O–H groups in total. The average Bonchev–Trinajstić information content (AvgIpc) is 2.50. The van der Waals surface area contributed by atoms with Gasteiger partial charge in [0.1, 0.15) is 5.75 Å². The molecule has 0 fully saturated rings. The number of aryl methyl sites for hydroxylation is 1. The highest BCUT2D eigenvalue weighted by Gasteiger charge is 2.49. The second-order valence-electron chi connectivity index (χ2n) is 4.82. The van der Waals surface area contributed by atoms with Gasteiger partial charge in [0.25, 0.3) is 11.6 Å². The highest BCUT2D eigenvalue weighted by molar-refractivity contribution is 6.23. The highest BCUT2D eigenvalue weighted by Crippen LogP contribution is 2.27. The maximum absolute atomic E-state index is 12.4. The van der Waals surface area contributed by atoms with Gasteiger partial charge in [-0.15, -0.1) is 0 Å². The van der Waals surface area contributed by atoms with Crippen molar-refractivity contribution in [3.8, 4) is 5.75 Å². The Kier molecular flexibility index (Phi) is 6.17. The Morgan fingerprint density at radius 2 is 1.52 bits per heavy atom. The summed E-state index contributed by atoms with van der Waals surface area (Å²) in [6, 6.07) is 4.63. The summed E-state index contributed by atoms with van der Waals surface area (Å²) in [7, 11) is 1.39. The molecule has 0 saturated carbocycles. The molecule has 0 heterocycles. The third kappa shape index (κ3) is 5.47. The minimum atomic E-state index is -5.60. The van der Waals surface area contributed by atoms with Crippen LogP contribution in [0.3, 0.4) is 0 Å². The van der Waals surface area contributed by atoms with E-state index < -0.39 is 29.5 Å². The van der Waals surface area contributed by atoms with Crippen molar-refractivity contribution in [2.24, 2.45) is 0 Å². The number of benzene rings is 1. The SMILES string of the molecule is COc1cc(/C=C/C=C(C(=O)C(F)(F)F)C(=O)C(F)(F)F)ccc1C. The van der Waals surface area contributed by atoms with E-state index in [4.69, 9.17) is 4.74 Å². The second kappa shape index (κ2) is 7.54. The molecule has 0 atom stereocenters. The quantitative estimate of drug-likeness (QED) is 0.258. The number of alkyl halides is 6. The van der Waals surface area contributed by atoms with Crippen LogP contribution in [-0.4, -0.2) is 31.0 Å². The van der Waals surface area contributed by atoms with E-state index in [9.17, 15) is 35.9 Å². The number of hydrogen-bond acceptors (Lipinski definition) is 3. The standard InChI is InChI=1S/C16H12F6O3/c1-9-6-7-10(8-12(9)25-2)4-3-5-11(13(23)15(17,18)19)14(24)16(20,21)22/h3-8H,1-2H3/b4-3+. The van der Waals surface area contributed by atoms with Crippen LogP contribution in [0.4, 0.5) is 26.3 Å². The van der Waals surface area contributed by atoms with Gasteiger partial charge in [-0.2, -0.15) is 26.3 Å². The molecule has 0 bridgehead atoms. The van der Waals surface area contributed by atoms with Gasteiger partial charge in [0.15, 0.2) is 0 Å². The molecular formula is C16H12F6O3. The van der Waals surface area contributed by atoms with Gasteiger partial charge in [-0.05, 0) is 30.2 Å². The molecule has 9 heteroatoms. The average molecular weight is 366 g/mol. The van der Waals surface area contributed by atoms with Crippen molar-refractivity contribution in [2.75, 3.05) is 7.11 Å². The first kappa shape index (κ1) is 20.5. The third-order valence-electron chi connectivity index (χ3n) is 2.99. The Morgan fingerprint density at radius 3 is 1.96 bits per heavy atom. The lowest BCUT2D eigenvalue weighted by molar-refractivity contribution is -0.175. The summed E-state index contributed by atoms with van der Waals surface area (Å²) in [4.78, 5) is 22.1. The molecule has 0 radical (unpaired) electrons. The van der Waals surface area contributed by atoms with Crippen LogP contribution in [0, 0.1) is 6.92 Å². The van der Waals surface area contributed by atoms with Crippen molar-refractivity contribution in [2.45, 2.75) is 19.3 Å². The lowest BCUT2D eigenvalue weighted by Crippen LogP contribution is -2.34. The number of halogens is 6. The Balaban J connectivity index is 3.23. The van der Waals surface area contributed by atoms with Crippen LogP contribution >= 0.6 is 0 Å². The van der Waals surface area contributed by atoms with Gasteiger partial charge in [0.2, 0.25) is 0 Å². The summed E-state index contributed by atoms with van der Waals surface area (Å²) < 4.78 is 79.4. The molecule has 0 saturated heterocycles. The molecule has 0 amide bonds. The van der Waals surface area contributed by atoms with Crippen LogP contribution in [0.25, 0.3) is 6.08 Å². The predicted molar refractivity (Wildman–Crippen MR) is 77.0 cm³/mol. The fourth-order valence-corrected chi connectivity index (χ4v) is 1.76. The van der Waals surface area contributed by atoms with Crippen LogP contribution in [-0.2, 0) is 9.59 Å². The number of hydrogen-bond donors (Lipinski definition) is 0. The van der Waals surface area contributed by atoms with Crippen molar-refractivity contribution < 1.29 is 40.7 Å². The van der Waals surface area contributed by atoms with E-state index in [1.54, 1.807) is 13.0 Å². The number of allylic oxidation sites excluding steroid dienone is 3. The zero-order valence-corrected chi connectivity index (χ0v) is 13.0. The molecule has 0 aliphatic carbocycles. The van der Waals surface area contributed by atoms with E-state index in [2.05, 4.69) is 0 Å². The van der Waals surface area contributed by atoms with Gasteiger partial charge < -0.3 is 4.74 Å². The number of Topliss-reactive ketones (excluding diaryl/α,β-unsaturated/α-hetero) is 2. The minimum absolute atomic E-state index is 0.192. The van der Waals surface area contributed by atoms with E-state index in [1.165, 1.54) is 19.2 Å². The fraction of sp³-hybridized carbons (Fsp3) is 0.250. The zero-order valence-electron chi connectivity index (χ0n) is 13.0. The van der Waals surface area contributed by atoms with Gasteiger partial charge in [-0.25, -0.2) is 0 Å². The van der Waals surface area contributed by atoms with Crippen molar-refractivity contribution >= 4 is 17.6 Å². The van der Waals surface area contributed by atoms with Crippen molar-refractivity contribution in [1.29, 1.82) is 0 Å². The third-order valence-corrected chi connectivity index (χ3v) is 2.99. The molecule has 0 aliphatic heterocycles. The molecule has 0 unspecified atom stereocenters. The maximum Gasteiger partial charge on any atom is 0.455 e. The first-order valence-electron chi connectivity index (χ1n) is 6.64. The predicted octanol–water partition coefficient (Wildman–Crippen LogP) is 4.21. The molecule has 1 rings (SSSR count). The van der Waals surface area contributed by atoms with Gasteiger partial charge in [0.05, 0.1) is 12.7 Å². The number of methoxy groups -OCH3 is 1. The topological polar surface area (TPSA) is 43.4 Å². The minimum Gasteiger partial charge on any atom is -0.496 e. The summed E-state index contributed by atoms with van der Waals surface area (Å²) in [5.74, 6) is -5.27. The van der Waals surface area contributed by atoms with Crippen LogP contribution < -0.4 is 4.74 Å². The molecule has 1 aromatic carbocycles. The Bertz CT molecular complexity index is 698. The monoisotopic (exact) mass is 366 g/mol. The Labute approximate surface area is 138 Å². The van der Waals surface area contributed by atoms with Gasteiger partial charge >= 0.3 is 12.4 Å². The molecule has 136 valence electrons. The van der Waals surface area contributed by atoms with Crippen molar-refractivity contribution in [3.63, 3.8) is 0 Å². The number of ether oxygens (including phenoxy) is 1. The number of ketones is 2. The van der Waals surface area contributed by atoms with E-state index in [-0.39, 0.29) is 6.08 Å². The van der Waals surface area contributed by atoms with E-state index in [0.717, 1.165) is 17.7 Å². The van der Waals surface area contributed by atoms with Gasteiger partial charge in [-0.3, -0.25) is 9.59 Å². The lowest BCUT2D eigenvalue weighted by Gasteiger charge is -2.10. The molecule has 0 spiro atoms. The second-order valence-corrected chi connectivity index (χ2v) is 4.82. The van der Waals surface area contributed by atoms with E-state index in [0.29, 0.717) is 11.3 Å². The largest absolute Gasteiger partial charge is 0.496 e. The zero-order chi connectivity index (χ0) is 19.4. The van der Waals surface area contributed by atoms with E-state index in [1.807, 2.05) is 0 Å². The van der Waals surface area contributed by atoms with Crippen molar-refractivity contribution in [1.82, 2.24) is 0 Å². The Morgan fingerprint density at radius 1 is 1.00 bits per heavy atom. The fourth-order valence-electron chi connectivity index (χ4n) is 1.76. The first-order chi connectivity index (χ1) is 11.4. The molecule has 1 aromatic rings. The summed E-state index contributed by atoms with van der Waals surface area (Å²) in [5, 5.41) is 0. The summed E-state index contributed by atoms with van der Waals surface area (Å²) in [6.45, 7) is 1.73. The van der Waals surface area contributed by atoms with E-state index >= 15 is 0 Å². The highest BCUT2D eigenvalue weighted by atomic mass is 19.4. The van der Waals surface area contributed by atoms with Gasteiger partial charge in [0, 0.05) is 0 Å². The van der Waals surface area contributed by atoms with Crippen LogP contribution in [0.1, 0.15) is 11.1 Å². The smallest absolute Gasteiger partial charge is 0.455 e. The molecule has 25 heavy (non-hydrogen) atoms.